The molecule has 0 saturated heterocycles. The van der Waals surface area contributed by atoms with Crippen molar-refractivity contribution in [3.63, 3.8) is 0 Å². The van der Waals surface area contributed by atoms with E-state index in [4.69, 9.17) is 0 Å². The van der Waals surface area contributed by atoms with E-state index >= 15 is 0 Å². The summed E-state index contributed by atoms with van der Waals surface area (Å²) in [7, 11) is 0. The number of urea groups is 1. The Hall–Kier alpha value is -2.37. The molecule has 6 nitrogen and oxygen atoms in total. The Morgan fingerprint density at radius 2 is 1.43 bits per heavy atom. The summed E-state index contributed by atoms with van der Waals surface area (Å²) in [6.07, 6.45) is 11.9. The van der Waals surface area contributed by atoms with Crippen LogP contribution in [0.15, 0.2) is 18.2 Å². The van der Waals surface area contributed by atoms with Crippen LogP contribution in [0.25, 0.3) is 0 Å². The highest BCUT2D eigenvalue weighted by molar-refractivity contribution is 6.22. The molecule has 2 N–H and O–H groups in total. The first-order valence-corrected chi connectivity index (χ1v) is 10.7. The number of nitrogens with zero attached hydrogens (tertiary/aromatic N) is 1. The standard InChI is InChI=1S/C22H29N3O3/c26-20-18-13-12-16(24-22(28)23-15-8-4-1-2-5-9-15)14-19(18)21(27)25(20)17-10-6-3-7-11-17/h12-15,17H,1-11H2,(H2,23,24,28). The van der Waals surface area contributed by atoms with E-state index in [-0.39, 0.29) is 29.9 Å². The summed E-state index contributed by atoms with van der Waals surface area (Å²) >= 11 is 0. The minimum Gasteiger partial charge on any atom is -0.335 e. The zero-order valence-corrected chi connectivity index (χ0v) is 16.3. The van der Waals surface area contributed by atoms with Gasteiger partial charge in [0.15, 0.2) is 0 Å². The van der Waals surface area contributed by atoms with E-state index < -0.39 is 0 Å². The molecule has 0 aromatic heterocycles. The molecule has 4 amide bonds. The number of hydrogen-bond acceptors (Lipinski definition) is 3. The van der Waals surface area contributed by atoms with Gasteiger partial charge >= 0.3 is 6.03 Å². The van der Waals surface area contributed by atoms with Crippen LogP contribution in [-0.4, -0.2) is 34.8 Å². The molecule has 1 heterocycles. The fourth-order valence-corrected chi connectivity index (χ4v) is 4.78. The van der Waals surface area contributed by atoms with Crippen LogP contribution in [-0.2, 0) is 0 Å². The van der Waals surface area contributed by atoms with E-state index in [1.807, 2.05) is 0 Å². The first kappa shape index (κ1) is 19.0. The quantitative estimate of drug-likeness (QED) is 0.597. The molecule has 1 aliphatic heterocycles. The number of imide groups is 1. The lowest BCUT2D eigenvalue weighted by Gasteiger charge is -2.29. The third kappa shape index (κ3) is 3.91. The smallest absolute Gasteiger partial charge is 0.319 e. The van der Waals surface area contributed by atoms with Gasteiger partial charge in [-0.05, 0) is 43.9 Å². The maximum absolute atomic E-state index is 12.9. The molecule has 6 heteroatoms. The SMILES string of the molecule is O=C(Nc1ccc2c(c1)C(=O)N(C1CCCCC1)C2=O)NC1CCCCCC1. The summed E-state index contributed by atoms with van der Waals surface area (Å²) in [5.41, 5.74) is 1.41. The van der Waals surface area contributed by atoms with E-state index in [0.29, 0.717) is 16.8 Å². The monoisotopic (exact) mass is 383 g/mol. The van der Waals surface area contributed by atoms with Gasteiger partial charge in [0.05, 0.1) is 11.1 Å². The Bertz CT molecular complexity index is 762. The number of amides is 4. The molecule has 2 fully saturated rings. The fourth-order valence-electron chi connectivity index (χ4n) is 4.78. The Morgan fingerprint density at radius 1 is 0.821 bits per heavy atom. The van der Waals surface area contributed by atoms with Gasteiger partial charge < -0.3 is 10.6 Å². The molecule has 4 rings (SSSR count). The molecule has 1 aromatic rings. The number of hydrogen-bond donors (Lipinski definition) is 2. The second-order valence-electron chi connectivity index (χ2n) is 8.32. The fraction of sp³-hybridized carbons (Fsp3) is 0.591. The van der Waals surface area contributed by atoms with Crippen molar-refractivity contribution in [3.05, 3.63) is 29.3 Å². The normalized spacial score (nSPS) is 21.4. The number of anilines is 1. The van der Waals surface area contributed by atoms with Crippen molar-refractivity contribution < 1.29 is 14.4 Å². The van der Waals surface area contributed by atoms with Gasteiger partial charge in [0.2, 0.25) is 0 Å². The zero-order valence-electron chi connectivity index (χ0n) is 16.3. The second kappa shape index (κ2) is 8.33. The zero-order chi connectivity index (χ0) is 19.5. The number of carbonyl (C=O) groups is 3. The predicted octanol–water partition coefficient (Wildman–Crippen LogP) is 4.46. The van der Waals surface area contributed by atoms with E-state index in [0.717, 1.165) is 51.4 Å². The molecule has 0 radical (unpaired) electrons. The number of benzene rings is 1. The highest BCUT2D eigenvalue weighted by Gasteiger charge is 2.40. The van der Waals surface area contributed by atoms with Crippen LogP contribution in [0, 0.1) is 0 Å². The topological polar surface area (TPSA) is 78.5 Å². The lowest BCUT2D eigenvalue weighted by atomic mass is 9.94. The average Bonchev–Trinajstić information content (AvgIpc) is 2.86. The third-order valence-electron chi connectivity index (χ3n) is 6.31. The molecule has 150 valence electrons. The van der Waals surface area contributed by atoms with Gasteiger partial charge in [-0.15, -0.1) is 0 Å². The molecule has 28 heavy (non-hydrogen) atoms. The van der Waals surface area contributed by atoms with E-state index in [2.05, 4.69) is 10.6 Å². The Kier molecular flexibility index (Phi) is 5.64. The van der Waals surface area contributed by atoms with Crippen molar-refractivity contribution in [2.24, 2.45) is 0 Å². The Morgan fingerprint density at radius 3 is 2.14 bits per heavy atom. The van der Waals surface area contributed by atoms with Crippen molar-refractivity contribution in [2.75, 3.05) is 5.32 Å². The first-order valence-electron chi connectivity index (χ1n) is 10.7. The molecule has 3 aliphatic rings. The van der Waals surface area contributed by atoms with Crippen LogP contribution in [0.2, 0.25) is 0 Å². The predicted molar refractivity (Wildman–Crippen MR) is 107 cm³/mol. The second-order valence-corrected chi connectivity index (χ2v) is 8.32. The van der Waals surface area contributed by atoms with Crippen molar-refractivity contribution in [1.29, 1.82) is 0 Å². The number of carbonyl (C=O) groups excluding carboxylic acids is 3. The Balaban J connectivity index is 1.43. The number of nitrogens with one attached hydrogen (secondary N) is 2. The van der Waals surface area contributed by atoms with Gasteiger partial charge in [-0.1, -0.05) is 44.9 Å². The van der Waals surface area contributed by atoms with Crippen molar-refractivity contribution in [2.45, 2.75) is 82.7 Å². The summed E-state index contributed by atoms with van der Waals surface area (Å²) in [6, 6.07) is 5.00. The van der Waals surface area contributed by atoms with Gasteiger partial charge in [0.1, 0.15) is 0 Å². The maximum Gasteiger partial charge on any atom is 0.319 e. The minimum absolute atomic E-state index is 0.0103. The molecular formula is C22H29N3O3. The molecule has 0 spiro atoms. The Labute approximate surface area is 166 Å². The third-order valence-corrected chi connectivity index (χ3v) is 6.31. The van der Waals surface area contributed by atoms with Crippen LogP contribution in [0.4, 0.5) is 10.5 Å². The molecule has 0 bridgehead atoms. The van der Waals surface area contributed by atoms with E-state index in [1.54, 1.807) is 18.2 Å². The van der Waals surface area contributed by atoms with Crippen molar-refractivity contribution in [1.82, 2.24) is 10.2 Å². The van der Waals surface area contributed by atoms with Crippen LogP contribution in [0.1, 0.15) is 91.3 Å². The van der Waals surface area contributed by atoms with Crippen LogP contribution in [0.3, 0.4) is 0 Å². The largest absolute Gasteiger partial charge is 0.335 e. The maximum atomic E-state index is 12.9. The summed E-state index contributed by atoms with van der Waals surface area (Å²) in [4.78, 5) is 39.4. The van der Waals surface area contributed by atoms with Crippen molar-refractivity contribution in [3.8, 4) is 0 Å². The molecule has 0 unspecified atom stereocenters. The van der Waals surface area contributed by atoms with E-state index in [1.165, 1.54) is 24.2 Å². The van der Waals surface area contributed by atoms with Crippen LogP contribution < -0.4 is 10.6 Å². The highest BCUT2D eigenvalue weighted by Crippen LogP contribution is 2.32. The summed E-state index contributed by atoms with van der Waals surface area (Å²) in [6.45, 7) is 0. The van der Waals surface area contributed by atoms with Crippen LogP contribution >= 0.6 is 0 Å². The summed E-state index contributed by atoms with van der Waals surface area (Å²) < 4.78 is 0. The van der Waals surface area contributed by atoms with Crippen molar-refractivity contribution >= 4 is 23.5 Å². The van der Waals surface area contributed by atoms with Gasteiger partial charge in [-0.3, -0.25) is 14.5 Å². The molecule has 2 saturated carbocycles. The average molecular weight is 383 g/mol. The van der Waals surface area contributed by atoms with E-state index in [9.17, 15) is 14.4 Å². The lowest BCUT2D eigenvalue weighted by molar-refractivity contribution is 0.0549. The lowest BCUT2D eigenvalue weighted by Crippen LogP contribution is -2.40. The van der Waals surface area contributed by atoms with Gasteiger partial charge in [0.25, 0.3) is 11.8 Å². The number of rotatable bonds is 3. The summed E-state index contributed by atoms with van der Waals surface area (Å²) in [5, 5.41) is 5.88. The first-order chi connectivity index (χ1) is 13.6. The van der Waals surface area contributed by atoms with Crippen LogP contribution in [0.5, 0.6) is 0 Å². The molecule has 2 aliphatic carbocycles. The van der Waals surface area contributed by atoms with Gasteiger partial charge in [-0.2, -0.15) is 0 Å². The molecule has 1 aromatic carbocycles. The minimum atomic E-state index is -0.243. The summed E-state index contributed by atoms with van der Waals surface area (Å²) in [5.74, 6) is -0.416. The van der Waals surface area contributed by atoms with Gasteiger partial charge in [-0.25, -0.2) is 4.79 Å². The highest BCUT2D eigenvalue weighted by atomic mass is 16.2. The van der Waals surface area contributed by atoms with Gasteiger partial charge in [0, 0.05) is 17.8 Å². The molecular weight excluding hydrogens is 354 g/mol. The molecule has 0 atom stereocenters. The number of fused-ring (bicyclic) bond motifs is 1.